The molecule has 0 saturated carbocycles. The molecule has 522 valence electrons. The molecular formula is C83H116N10O3S. The number of nitrogens with zero attached hydrogens (tertiary/aromatic N) is 10. The second kappa shape index (κ2) is 32.9. The molecule has 12 rings (SSSR count). The lowest BCUT2D eigenvalue weighted by Crippen LogP contribution is -2.00. The molecule has 97 heavy (non-hydrogen) atoms. The predicted molar refractivity (Wildman–Crippen MR) is 411 cm³/mol. The van der Waals surface area contributed by atoms with Gasteiger partial charge in [-0.15, -0.1) is 11.3 Å². The van der Waals surface area contributed by atoms with Gasteiger partial charge in [0.2, 0.25) is 0 Å². The molecule has 0 fully saturated rings. The molecule has 12 aromatic rings. The number of aromatic nitrogens is 10. The van der Waals surface area contributed by atoms with Crippen LogP contribution in [0.5, 0.6) is 0 Å². The molecule has 0 radical (unpaired) electrons. The zero-order chi connectivity index (χ0) is 71.9. The van der Waals surface area contributed by atoms with Crippen LogP contribution in [0, 0.1) is 27.7 Å². The molecule has 0 aromatic carbocycles. The molecule has 0 N–H and O–H groups in total. The van der Waals surface area contributed by atoms with E-state index >= 15 is 0 Å². The van der Waals surface area contributed by atoms with Gasteiger partial charge in [-0.1, -0.05) is 166 Å². The summed E-state index contributed by atoms with van der Waals surface area (Å²) < 4.78 is 23.1. The van der Waals surface area contributed by atoms with Gasteiger partial charge in [-0.05, 0) is 135 Å². The van der Waals surface area contributed by atoms with Crippen LogP contribution in [0.3, 0.4) is 0 Å². The minimum Gasteiger partial charge on any atom is -0.461 e. The highest BCUT2D eigenvalue weighted by atomic mass is 32.1. The van der Waals surface area contributed by atoms with Crippen LogP contribution in [0.15, 0.2) is 86.8 Å². The van der Waals surface area contributed by atoms with Crippen LogP contribution in [0.1, 0.15) is 334 Å². The SMILES string of the molecule is CC(C)c1ncc2c(cc(C(C)C)n2C)n1.CCn1cc(C(C)C)c2cnc(C(C)C)nc21.Cc1oc2cc(C(C)C)ncc2c1C(C)C.Cc1oc2ccc(C(C)C)nc2c1C(C)C.Cc1oc2cnc(C(C)C)cc2c1C(C)C.Cc1sc2cc(C(C)C)ncc2c1C(C)C. The van der Waals surface area contributed by atoms with Crippen LogP contribution in [0.25, 0.3) is 65.2 Å². The number of aryl methyl sites for hydroxylation is 6. The van der Waals surface area contributed by atoms with Gasteiger partial charge in [0.05, 0.1) is 23.4 Å². The van der Waals surface area contributed by atoms with E-state index in [2.05, 4.69) is 269 Å². The van der Waals surface area contributed by atoms with Crippen molar-refractivity contribution < 1.29 is 13.3 Å². The molecule has 12 heterocycles. The second-order valence-corrected chi connectivity index (χ2v) is 31.3. The zero-order valence-electron chi connectivity index (χ0n) is 64.7. The Morgan fingerprint density at radius 3 is 1.42 bits per heavy atom. The van der Waals surface area contributed by atoms with Crippen molar-refractivity contribution in [3.8, 4) is 0 Å². The Morgan fingerprint density at radius 1 is 0.402 bits per heavy atom. The maximum Gasteiger partial charge on any atom is 0.153 e. The Bertz CT molecular complexity index is 4360. The fraction of sp³-hybridized carbons (Fsp3) is 0.518. The summed E-state index contributed by atoms with van der Waals surface area (Å²) in [5, 5.41) is 4.94. The standard InChI is InChI=1S/C14H21N3.3C14H19NO.C14H19NS.C13H19N3/c1-6-17-8-12(9(2)3)11-7-15-13(10(4)5)16-14(11)17;1-8(2)12-6-13-11(7-15-12)14(9(3)4)10(5)16-13;1-8(2)12-6-11-13(7-15-12)16-10(5)14(11)9(3)4;1-8(2)11-6-7-12-14(15-11)13(9(3)4)10(5)16-12;1-8(2)12-6-13-11(7-15-12)14(9(3)4)10(5)16-13;1-8(2)11-6-10-12(16(11)5)7-14-13(15-10)9(3)4/h7-10H,6H2,1-5H3;5*6-9H,1-5H3. The van der Waals surface area contributed by atoms with Crippen LogP contribution in [0.2, 0.25) is 0 Å². The van der Waals surface area contributed by atoms with Crippen molar-refractivity contribution in [2.75, 3.05) is 0 Å². The van der Waals surface area contributed by atoms with Crippen molar-refractivity contribution in [3.05, 3.63) is 164 Å². The van der Waals surface area contributed by atoms with E-state index in [0.29, 0.717) is 71.0 Å². The minimum absolute atomic E-state index is 0.377. The maximum absolute atomic E-state index is 5.81. The van der Waals surface area contributed by atoms with E-state index < -0.39 is 0 Å². The number of thiophene rings is 1. The van der Waals surface area contributed by atoms with Crippen LogP contribution in [-0.4, -0.2) is 49.0 Å². The summed E-state index contributed by atoms with van der Waals surface area (Å²) >= 11 is 1.90. The molecule has 0 aliphatic rings. The van der Waals surface area contributed by atoms with Gasteiger partial charge in [-0.3, -0.25) is 15.0 Å². The molecule has 13 nitrogen and oxygen atoms in total. The molecule has 14 heteroatoms. The van der Waals surface area contributed by atoms with E-state index in [1.165, 1.54) is 64.9 Å². The molecule has 0 amide bonds. The Kier molecular flexibility index (Phi) is 26.0. The Labute approximate surface area is 584 Å². The van der Waals surface area contributed by atoms with E-state index in [1.807, 2.05) is 63.0 Å². The Morgan fingerprint density at radius 2 is 0.887 bits per heavy atom. The quantitative estimate of drug-likeness (QED) is 0.108. The summed E-state index contributed by atoms with van der Waals surface area (Å²) in [5.41, 5.74) is 19.6. The van der Waals surface area contributed by atoms with Gasteiger partial charge in [0.15, 0.2) is 11.2 Å². The molecule has 0 bridgehead atoms. The van der Waals surface area contributed by atoms with Gasteiger partial charge in [0, 0.05) is 133 Å². The number of furan rings is 3. The number of pyridine rings is 4. The first-order valence-corrected chi connectivity index (χ1v) is 36.6. The maximum atomic E-state index is 5.81. The normalized spacial score (nSPS) is 11.9. The summed E-state index contributed by atoms with van der Waals surface area (Å²) in [6.45, 7) is 63.7. The third-order valence-corrected chi connectivity index (χ3v) is 19.1. The summed E-state index contributed by atoms with van der Waals surface area (Å²) in [7, 11) is 2.08. The van der Waals surface area contributed by atoms with E-state index in [4.69, 9.17) is 23.2 Å². The Balaban J connectivity index is 0.000000164. The first kappa shape index (κ1) is 76.8. The molecule has 0 aliphatic heterocycles. The molecular weight excluding hydrogens is 1220 g/mol. The third kappa shape index (κ3) is 17.8. The largest absolute Gasteiger partial charge is 0.461 e. The zero-order valence-corrected chi connectivity index (χ0v) is 65.5. The minimum atomic E-state index is 0.377. The van der Waals surface area contributed by atoms with Crippen LogP contribution in [0.4, 0.5) is 0 Å². The van der Waals surface area contributed by atoms with Crippen LogP contribution >= 0.6 is 11.3 Å². The van der Waals surface area contributed by atoms with Gasteiger partial charge >= 0.3 is 0 Å². The number of fused-ring (bicyclic) bond motifs is 6. The fourth-order valence-corrected chi connectivity index (χ4v) is 14.0. The van der Waals surface area contributed by atoms with Crippen LogP contribution in [-0.2, 0) is 13.6 Å². The molecule has 0 spiro atoms. The topological polar surface area (TPSA) is 152 Å². The van der Waals surface area contributed by atoms with Crippen molar-refractivity contribution in [2.24, 2.45) is 7.05 Å². The highest BCUT2D eigenvalue weighted by Crippen LogP contribution is 2.38. The molecule has 0 unspecified atom stereocenters. The smallest absolute Gasteiger partial charge is 0.153 e. The summed E-state index contributed by atoms with van der Waals surface area (Å²) in [6.07, 6.45) is 12.0. The average Bonchev–Trinajstić information content (AvgIpc) is 1.80. The molecule has 0 saturated heterocycles. The van der Waals surface area contributed by atoms with Gasteiger partial charge in [-0.25, -0.2) is 24.9 Å². The highest BCUT2D eigenvalue weighted by Gasteiger charge is 2.21. The van der Waals surface area contributed by atoms with Gasteiger partial charge in [0.25, 0.3) is 0 Å². The van der Waals surface area contributed by atoms with E-state index in [-0.39, 0.29) is 0 Å². The number of hydrogen-bond donors (Lipinski definition) is 0. The van der Waals surface area contributed by atoms with E-state index in [1.54, 1.807) is 0 Å². The Hall–Kier alpha value is -7.58. The summed E-state index contributed by atoms with van der Waals surface area (Å²) in [6, 6.07) is 12.8. The predicted octanol–water partition coefficient (Wildman–Crippen LogP) is 24.9. The lowest BCUT2D eigenvalue weighted by atomic mass is 9.99. The molecule has 0 atom stereocenters. The number of rotatable bonds is 13. The van der Waals surface area contributed by atoms with Gasteiger partial charge in [-0.2, -0.15) is 0 Å². The lowest BCUT2D eigenvalue weighted by Gasteiger charge is -2.06. The van der Waals surface area contributed by atoms with Gasteiger partial charge in [0.1, 0.15) is 45.7 Å². The molecule has 0 aliphatic carbocycles. The first-order chi connectivity index (χ1) is 45.6. The second-order valence-electron chi connectivity index (χ2n) is 30.0. The van der Waals surface area contributed by atoms with Crippen molar-refractivity contribution in [1.82, 2.24) is 49.0 Å². The fourth-order valence-electron chi connectivity index (χ4n) is 12.7. The van der Waals surface area contributed by atoms with Crippen molar-refractivity contribution in [3.63, 3.8) is 0 Å². The number of hydrogen-bond acceptors (Lipinski definition) is 12. The van der Waals surface area contributed by atoms with Gasteiger partial charge < -0.3 is 22.4 Å². The molecule has 12 aromatic heterocycles. The summed E-state index contributed by atoms with van der Waals surface area (Å²) in [4.78, 5) is 37.8. The average molecular weight is 1330 g/mol. The summed E-state index contributed by atoms with van der Waals surface area (Å²) in [5.74, 6) is 10.6. The van der Waals surface area contributed by atoms with Crippen molar-refractivity contribution >= 4 is 76.5 Å². The first-order valence-electron chi connectivity index (χ1n) is 35.8. The van der Waals surface area contributed by atoms with E-state index in [0.717, 1.165) is 96.9 Å². The monoisotopic (exact) mass is 1330 g/mol. The van der Waals surface area contributed by atoms with E-state index in [9.17, 15) is 0 Å². The highest BCUT2D eigenvalue weighted by molar-refractivity contribution is 7.19. The van der Waals surface area contributed by atoms with Crippen LogP contribution < -0.4 is 0 Å². The lowest BCUT2D eigenvalue weighted by molar-refractivity contribution is 0.566. The third-order valence-electron chi connectivity index (χ3n) is 18.0. The van der Waals surface area contributed by atoms with Crippen molar-refractivity contribution in [2.45, 2.75) is 278 Å². The van der Waals surface area contributed by atoms with Crippen molar-refractivity contribution in [1.29, 1.82) is 0 Å².